The Kier molecular flexibility index (Phi) is 3.87. The number of pyridine rings is 1. The quantitative estimate of drug-likeness (QED) is 0.805. The Bertz CT molecular complexity index is 712. The molecule has 7 heteroatoms. The van der Waals surface area contributed by atoms with Crippen molar-refractivity contribution in [2.75, 3.05) is 31.1 Å². The molecule has 0 N–H and O–H groups in total. The van der Waals surface area contributed by atoms with Crippen LogP contribution < -0.4 is 4.90 Å². The summed E-state index contributed by atoms with van der Waals surface area (Å²) in [6.07, 6.45) is -0.271. The number of oxazole rings is 1. The highest BCUT2D eigenvalue weighted by Crippen LogP contribution is 2.22. The summed E-state index contributed by atoms with van der Waals surface area (Å²) >= 11 is 0. The molecular weight excluding hydrogens is 296 g/mol. The van der Waals surface area contributed by atoms with E-state index in [4.69, 9.17) is 9.15 Å². The summed E-state index contributed by atoms with van der Waals surface area (Å²) in [6.45, 7) is 10.0. The summed E-state index contributed by atoms with van der Waals surface area (Å²) in [5.74, 6) is 0. The molecule has 7 nitrogen and oxygen atoms in total. The van der Waals surface area contributed by atoms with E-state index in [1.165, 1.54) is 0 Å². The fourth-order valence-corrected chi connectivity index (χ4v) is 2.44. The van der Waals surface area contributed by atoms with Gasteiger partial charge in [0, 0.05) is 31.9 Å². The molecule has 0 aliphatic carbocycles. The number of carbonyl (C=O) groups excluding carboxylic acids is 1. The first kappa shape index (κ1) is 15.6. The number of ether oxygens (including phenoxy) is 1. The van der Waals surface area contributed by atoms with E-state index in [0.717, 1.165) is 5.69 Å². The van der Waals surface area contributed by atoms with Crippen LogP contribution in [0.25, 0.3) is 11.2 Å². The number of anilines is 1. The van der Waals surface area contributed by atoms with Crippen LogP contribution in [0.15, 0.2) is 16.5 Å². The highest BCUT2D eigenvalue weighted by atomic mass is 16.6. The Labute approximate surface area is 135 Å². The second kappa shape index (κ2) is 5.72. The first-order chi connectivity index (χ1) is 10.8. The second-order valence-corrected chi connectivity index (χ2v) is 6.73. The lowest BCUT2D eigenvalue weighted by Crippen LogP contribution is -2.50. The molecule has 1 aliphatic rings. The molecule has 0 unspecified atom stereocenters. The van der Waals surface area contributed by atoms with Crippen molar-refractivity contribution in [2.45, 2.75) is 33.3 Å². The summed E-state index contributed by atoms with van der Waals surface area (Å²) < 4.78 is 11.2. The smallest absolute Gasteiger partial charge is 0.410 e. The number of aromatic nitrogens is 2. The van der Waals surface area contributed by atoms with E-state index in [9.17, 15) is 4.79 Å². The lowest BCUT2D eigenvalue weighted by atomic mass is 10.2. The molecule has 0 atom stereocenters. The van der Waals surface area contributed by atoms with E-state index in [0.29, 0.717) is 43.4 Å². The van der Waals surface area contributed by atoms with Gasteiger partial charge in [-0.2, -0.15) is 4.98 Å². The molecule has 0 radical (unpaired) electrons. The highest BCUT2D eigenvalue weighted by Gasteiger charge is 2.27. The van der Waals surface area contributed by atoms with Crippen molar-refractivity contribution < 1.29 is 13.9 Å². The van der Waals surface area contributed by atoms with Crippen molar-refractivity contribution in [3.63, 3.8) is 0 Å². The minimum atomic E-state index is -0.474. The molecule has 0 bridgehead atoms. The molecule has 2 aromatic heterocycles. The summed E-state index contributed by atoms with van der Waals surface area (Å²) in [6, 6.07) is 4.34. The minimum absolute atomic E-state index is 0.271. The molecule has 2 aromatic rings. The predicted molar refractivity (Wildman–Crippen MR) is 86.6 cm³/mol. The maximum atomic E-state index is 12.1. The van der Waals surface area contributed by atoms with Gasteiger partial charge in [0.2, 0.25) is 5.65 Å². The van der Waals surface area contributed by atoms with E-state index in [-0.39, 0.29) is 6.09 Å². The molecule has 124 valence electrons. The van der Waals surface area contributed by atoms with Crippen LogP contribution in [-0.2, 0) is 4.74 Å². The average molecular weight is 318 g/mol. The Hall–Kier alpha value is -2.31. The number of aryl methyl sites for hydroxylation is 1. The number of fused-ring (bicyclic) bond motifs is 1. The largest absolute Gasteiger partial charge is 0.444 e. The lowest BCUT2D eigenvalue weighted by Gasteiger charge is -2.34. The van der Waals surface area contributed by atoms with Crippen LogP contribution >= 0.6 is 0 Å². The van der Waals surface area contributed by atoms with Crippen molar-refractivity contribution in [2.24, 2.45) is 0 Å². The number of amides is 1. The molecule has 1 amide bonds. The van der Waals surface area contributed by atoms with E-state index < -0.39 is 5.60 Å². The zero-order valence-electron chi connectivity index (χ0n) is 14.0. The van der Waals surface area contributed by atoms with Gasteiger partial charge in [0.25, 0.3) is 6.01 Å². The minimum Gasteiger partial charge on any atom is -0.444 e. The second-order valence-electron chi connectivity index (χ2n) is 6.73. The number of rotatable bonds is 1. The Morgan fingerprint density at radius 3 is 2.52 bits per heavy atom. The number of nitrogens with zero attached hydrogens (tertiary/aromatic N) is 4. The third-order valence-corrected chi connectivity index (χ3v) is 3.58. The van der Waals surface area contributed by atoms with Gasteiger partial charge in [-0.3, -0.25) is 0 Å². The van der Waals surface area contributed by atoms with Gasteiger partial charge in [0.15, 0.2) is 5.58 Å². The summed E-state index contributed by atoms with van der Waals surface area (Å²) in [4.78, 5) is 24.6. The van der Waals surface area contributed by atoms with Gasteiger partial charge in [-0.25, -0.2) is 9.78 Å². The highest BCUT2D eigenvalue weighted by molar-refractivity contribution is 5.71. The fraction of sp³-hybridized carbons (Fsp3) is 0.562. The number of carbonyl (C=O) groups is 1. The number of hydrogen-bond donors (Lipinski definition) is 0. The SMILES string of the molecule is Cc1ccc2oc(N3CCN(C(=O)OC(C)(C)C)CC3)nc2n1. The fourth-order valence-electron chi connectivity index (χ4n) is 2.44. The zero-order chi connectivity index (χ0) is 16.6. The topological polar surface area (TPSA) is 71.7 Å². The van der Waals surface area contributed by atoms with E-state index in [1.807, 2.05) is 44.7 Å². The molecule has 23 heavy (non-hydrogen) atoms. The molecule has 1 saturated heterocycles. The molecule has 0 aromatic carbocycles. The Balaban J connectivity index is 1.65. The van der Waals surface area contributed by atoms with Crippen molar-refractivity contribution >= 4 is 23.3 Å². The average Bonchev–Trinajstić information content (AvgIpc) is 2.88. The van der Waals surface area contributed by atoms with Gasteiger partial charge < -0.3 is 19.0 Å². The van der Waals surface area contributed by atoms with Crippen molar-refractivity contribution in [1.82, 2.24) is 14.9 Å². The lowest BCUT2D eigenvalue weighted by molar-refractivity contribution is 0.0239. The third-order valence-electron chi connectivity index (χ3n) is 3.58. The monoisotopic (exact) mass is 318 g/mol. The zero-order valence-corrected chi connectivity index (χ0v) is 14.0. The third kappa shape index (κ3) is 3.55. The molecule has 0 saturated carbocycles. The van der Waals surface area contributed by atoms with Crippen LogP contribution in [-0.4, -0.2) is 52.7 Å². The van der Waals surface area contributed by atoms with E-state index >= 15 is 0 Å². The van der Waals surface area contributed by atoms with Gasteiger partial charge in [0.05, 0.1) is 0 Å². The van der Waals surface area contributed by atoms with Crippen molar-refractivity contribution in [3.05, 3.63) is 17.8 Å². The Morgan fingerprint density at radius 2 is 1.87 bits per heavy atom. The molecule has 0 spiro atoms. The predicted octanol–water partition coefficient (Wildman–Crippen LogP) is 2.59. The molecule has 1 fully saturated rings. The number of piperazine rings is 1. The summed E-state index contributed by atoms with van der Waals surface area (Å²) in [7, 11) is 0. The van der Waals surface area contributed by atoms with E-state index in [2.05, 4.69) is 9.97 Å². The first-order valence-corrected chi connectivity index (χ1v) is 7.79. The van der Waals surface area contributed by atoms with Gasteiger partial charge in [-0.1, -0.05) is 0 Å². The standard InChI is InChI=1S/C16H22N4O3/c1-11-5-6-12-13(17-11)18-14(22-12)19-7-9-20(10-8-19)15(21)23-16(2,3)4/h5-6H,7-10H2,1-4H3. The van der Waals surface area contributed by atoms with Crippen LogP contribution in [0.5, 0.6) is 0 Å². The van der Waals surface area contributed by atoms with Crippen LogP contribution in [0.2, 0.25) is 0 Å². The molecule has 3 rings (SSSR count). The molecule has 1 aliphatic heterocycles. The van der Waals surface area contributed by atoms with Crippen LogP contribution in [0.1, 0.15) is 26.5 Å². The first-order valence-electron chi connectivity index (χ1n) is 7.79. The normalized spacial score (nSPS) is 16.0. The van der Waals surface area contributed by atoms with Gasteiger partial charge in [-0.05, 0) is 39.8 Å². The summed E-state index contributed by atoms with van der Waals surface area (Å²) in [5, 5.41) is 0. The molecular formula is C16H22N4O3. The van der Waals surface area contributed by atoms with Crippen molar-refractivity contribution in [3.8, 4) is 0 Å². The van der Waals surface area contributed by atoms with Gasteiger partial charge in [-0.15, -0.1) is 0 Å². The van der Waals surface area contributed by atoms with Crippen molar-refractivity contribution in [1.29, 1.82) is 0 Å². The maximum absolute atomic E-state index is 12.1. The number of hydrogen-bond acceptors (Lipinski definition) is 6. The molecule has 3 heterocycles. The van der Waals surface area contributed by atoms with Gasteiger partial charge in [0.1, 0.15) is 5.60 Å². The maximum Gasteiger partial charge on any atom is 0.410 e. The summed E-state index contributed by atoms with van der Waals surface area (Å²) in [5.41, 5.74) is 1.74. The van der Waals surface area contributed by atoms with E-state index in [1.54, 1.807) is 4.90 Å². The van der Waals surface area contributed by atoms with Crippen LogP contribution in [0.4, 0.5) is 10.8 Å². The van der Waals surface area contributed by atoms with Crippen LogP contribution in [0.3, 0.4) is 0 Å². The van der Waals surface area contributed by atoms with Gasteiger partial charge >= 0.3 is 6.09 Å². The van der Waals surface area contributed by atoms with Crippen LogP contribution in [0, 0.1) is 6.92 Å². The Morgan fingerprint density at radius 1 is 1.17 bits per heavy atom.